The molecule has 0 heterocycles. The van der Waals surface area contributed by atoms with Crippen molar-refractivity contribution in [1.82, 2.24) is 0 Å². The van der Waals surface area contributed by atoms with Gasteiger partial charge in [0.2, 0.25) is 0 Å². The van der Waals surface area contributed by atoms with E-state index in [2.05, 4.69) is 25.6 Å². The Bertz CT molecular complexity index is 1060. The average molecular weight is 365 g/mol. The summed E-state index contributed by atoms with van der Waals surface area (Å²) in [5.41, 5.74) is 6.73. The molecule has 0 N–H and O–H groups in total. The first-order valence-corrected chi connectivity index (χ1v) is 9.34. The van der Waals surface area contributed by atoms with Gasteiger partial charge >= 0.3 is 0 Å². The fourth-order valence-corrected chi connectivity index (χ4v) is 3.22. The van der Waals surface area contributed by atoms with Crippen LogP contribution in [0.15, 0.2) is 67.2 Å². The average Bonchev–Trinajstić information content (AvgIpc) is 2.74. The largest absolute Gasteiger partial charge is 0.493 e. The van der Waals surface area contributed by atoms with Gasteiger partial charge < -0.3 is 4.74 Å². The molecule has 2 nitrogen and oxygen atoms in total. The van der Waals surface area contributed by atoms with Crippen LogP contribution in [-0.2, 0) is 0 Å². The van der Waals surface area contributed by atoms with Gasteiger partial charge in [0.25, 0.3) is 0 Å². The van der Waals surface area contributed by atoms with E-state index in [1.807, 2.05) is 79.7 Å². The van der Waals surface area contributed by atoms with Gasteiger partial charge in [-0.3, -0.25) is 0 Å². The first-order valence-electron chi connectivity index (χ1n) is 9.34. The molecular weight excluding hydrogens is 342 g/mol. The molecule has 0 fully saturated rings. The summed E-state index contributed by atoms with van der Waals surface area (Å²) in [5, 5.41) is 9.78. The molecule has 0 atom stereocenters. The smallest absolute Gasteiger partial charge is 0.127 e. The van der Waals surface area contributed by atoms with Gasteiger partial charge in [-0.1, -0.05) is 73.3 Å². The van der Waals surface area contributed by atoms with Crippen molar-refractivity contribution >= 4 is 18.2 Å². The standard InChI is InChI=1S/C26H23NO/c1-4-20-16-19(3)23(17-26(20)28-5-2)15-14-22-12-9-13-24(25(22)18-27)21-10-7-6-8-11-21/h4,6-17H,1,5H2,2-3H3/b15-14+. The lowest BCUT2D eigenvalue weighted by atomic mass is 9.95. The third kappa shape index (κ3) is 4.05. The lowest BCUT2D eigenvalue weighted by Crippen LogP contribution is -1.96. The third-order valence-electron chi connectivity index (χ3n) is 4.65. The van der Waals surface area contributed by atoms with E-state index in [0.29, 0.717) is 12.2 Å². The molecule has 0 spiro atoms. The van der Waals surface area contributed by atoms with Crippen molar-refractivity contribution in [2.75, 3.05) is 6.61 Å². The van der Waals surface area contributed by atoms with E-state index in [-0.39, 0.29) is 0 Å². The number of rotatable bonds is 6. The van der Waals surface area contributed by atoms with Gasteiger partial charge in [0.15, 0.2) is 0 Å². The fraction of sp³-hybridized carbons (Fsp3) is 0.115. The molecule has 0 saturated carbocycles. The van der Waals surface area contributed by atoms with Gasteiger partial charge in [0, 0.05) is 11.1 Å². The number of benzene rings is 3. The van der Waals surface area contributed by atoms with E-state index in [4.69, 9.17) is 4.74 Å². The van der Waals surface area contributed by atoms with Crippen LogP contribution in [0.3, 0.4) is 0 Å². The van der Waals surface area contributed by atoms with Gasteiger partial charge in [-0.2, -0.15) is 5.26 Å². The van der Waals surface area contributed by atoms with E-state index in [1.54, 1.807) is 0 Å². The number of hydrogen-bond donors (Lipinski definition) is 0. The summed E-state index contributed by atoms with van der Waals surface area (Å²) in [5.74, 6) is 0.821. The van der Waals surface area contributed by atoms with Crippen molar-refractivity contribution in [2.24, 2.45) is 0 Å². The van der Waals surface area contributed by atoms with Gasteiger partial charge in [-0.15, -0.1) is 0 Å². The van der Waals surface area contributed by atoms with E-state index in [9.17, 15) is 5.26 Å². The zero-order valence-electron chi connectivity index (χ0n) is 16.3. The molecule has 3 rings (SSSR count). The predicted octanol–water partition coefficient (Wildman–Crippen LogP) is 6.75. The van der Waals surface area contributed by atoms with Crippen molar-refractivity contribution in [2.45, 2.75) is 13.8 Å². The summed E-state index contributed by atoms with van der Waals surface area (Å²) in [6.45, 7) is 8.50. The number of ether oxygens (including phenoxy) is 1. The summed E-state index contributed by atoms with van der Waals surface area (Å²) in [6.07, 6.45) is 5.84. The van der Waals surface area contributed by atoms with Gasteiger partial charge in [0.1, 0.15) is 11.8 Å². The second kappa shape index (κ2) is 8.88. The van der Waals surface area contributed by atoms with Gasteiger partial charge in [-0.25, -0.2) is 0 Å². The third-order valence-corrected chi connectivity index (χ3v) is 4.65. The van der Waals surface area contributed by atoms with Crippen molar-refractivity contribution < 1.29 is 4.74 Å². The van der Waals surface area contributed by atoms with Crippen LogP contribution in [0.1, 0.15) is 34.7 Å². The Hall–Kier alpha value is -3.57. The van der Waals surface area contributed by atoms with Crippen LogP contribution in [0, 0.1) is 18.3 Å². The lowest BCUT2D eigenvalue weighted by molar-refractivity contribution is 0.339. The van der Waals surface area contributed by atoms with Crippen molar-refractivity contribution in [1.29, 1.82) is 5.26 Å². The molecular formula is C26H23NO. The Morgan fingerprint density at radius 2 is 1.71 bits per heavy atom. The molecule has 3 aromatic rings. The number of nitriles is 1. The Kier molecular flexibility index (Phi) is 6.09. The van der Waals surface area contributed by atoms with Gasteiger partial charge in [0.05, 0.1) is 12.2 Å². The van der Waals surface area contributed by atoms with Crippen molar-refractivity contribution in [3.8, 4) is 22.9 Å². The minimum Gasteiger partial charge on any atom is -0.493 e. The predicted molar refractivity (Wildman–Crippen MR) is 118 cm³/mol. The summed E-state index contributed by atoms with van der Waals surface area (Å²) in [4.78, 5) is 0. The molecule has 138 valence electrons. The Morgan fingerprint density at radius 3 is 2.39 bits per heavy atom. The van der Waals surface area contributed by atoms with E-state index in [1.165, 1.54) is 0 Å². The molecule has 0 aliphatic carbocycles. The van der Waals surface area contributed by atoms with Crippen LogP contribution in [0.5, 0.6) is 5.75 Å². The molecule has 2 heteroatoms. The zero-order valence-corrected chi connectivity index (χ0v) is 16.3. The molecule has 0 amide bonds. The molecule has 0 saturated heterocycles. The molecule has 0 unspecified atom stereocenters. The Labute approximate surface area is 167 Å². The molecule has 3 aromatic carbocycles. The second-order valence-corrected chi connectivity index (χ2v) is 6.46. The number of nitrogens with zero attached hydrogens (tertiary/aromatic N) is 1. The van der Waals surface area contributed by atoms with Crippen LogP contribution >= 0.6 is 0 Å². The topological polar surface area (TPSA) is 33.0 Å². The molecule has 28 heavy (non-hydrogen) atoms. The number of hydrogen-bond acceptors (Lipinski definition) is 2. The highest BCUT2D eigenvalue weighted by Gasteiger charge is 2.09. The molecule has 0 aromatic heterocycles. The minimum absolute atomic E-state index is 0.602. The van der Waals surface area contributed by atoms with Crippen LogP contribution < -0.4 is 4.74 Å². The normalized spacial score (nSPS) is 10.6. The van der Waals surface area contributed by atoms with Crippen LogP contribution in [-0.4, -0.2) is 6.61 Å². The van der Waals surface area contributed by atoms with Crippen LogP contribution in [0.25, 0.3) is 29.4 Å². The first-order chi connectivity index (χ1) is 13.7. The Balaban J connectivity index is 2.03. The molecule has 0 radical (unpaired) electrons. The summed E-state index contributed by atoms with van der Waals surface area (Å²) < 4.78 is 5.74. The van der Waals surface area contributed by atoms with Crippen LogP contribution in [0.2, 0.25) is 0 Å². The highest BCUT2D eigenvalue weighted by molar-refractivity contribution is 5.81. The summed E-state index contributed by atoms with van der Waals surface area (Å²) in [6, 6.07) is 22.4. The maximum Gasteiger partial charge on any atom is 0.127 e. The summed E-state index contributed by atoms with van der Waals surface area (Å²) >= 11 is 0. The monoisotopic (exact) mass is 365 g/mol. The summed E-state index contributed by atoms with van der Waals surface area (Å²) in [7, 11) is 0. The molecule has 0 aliphatic heterocycles. The van der Waals surface area contributed by atoms with E-state index < -0.39 is 0 Å². The molecule has 0 aliphatic rings. The number of aryl methyl sites for hydroxylation is 1. The highest BCUT2D eigenvalue weighted by Crippen LogP contribution is 2.29. The van der Waals surface area contributed by atoms with Gasteiger partial charge in [-0.05, 0) is 48.2 Å². The maximum absolute atomic E-state index is 9.78. The molecule has 0 bridgehead atoms. The van der Waals surface area contributed by atoms with Crippen molar-refractivity contribution in [3.05, 3.63) is 95.1 Å². The Morgan fingerprint density at radius 1 is 0.964 bits per heavy atom. The maximum atomic E-state index is 9.78. The first kappa shape index (κ1) is 19.2. The quantitative estimate of drug-likeness (QED) is 0.453. The van der Waals surface area contributed by atoms with E-state index >= 15 is 0 Å². The highest BCUT2D eigenvalue weighted by atomic mass is 16.5. The minimum atomic E-state index is 0.602. The SMILES string of the molecule is C=Cc1cc(C)c(/C=C/c2cccc(-c3ccccc3)c2C#N)cc1OCC. The zero-order chi connectivity index (χ0) is 19.9. The second-order valence-electron chi connectivity index (χ2n) is 6.46. The lowest BCUT2D eigenvalue weighted by Gasteiger charge is -2.11. The van der Waals surface area contributed by atoms with Crippen LogP contribution in [0.4, 0.5) is 0 Å². The van der Waals surface area contributed by atoms with E-state index in [0.717, 1.165) is 39.1 Å². The van der Waals surface area contributed by atoms with Crippen molar-refractivity contribution in [3.63, 3.8) is 0 Å². The fourth-order valence-electron chi connectivity index (χ4n) is 3.22.